The number of ether oxygens (including phenoxy) is 1. The molecule has 32 heavy (non-hydrogen) atoms. The fraction of sp³-hybridized carbons (Fsp3) is 0.259. The third kappa shape index (κ3) is 4.83. The molecule has 0 aliphatic carbocycles. The van der Waals surface area contributed by atoms with Crippen LogP contribution in [0.1, 0.15) is 48.6 Å². The van der Waals surface area contributed by atoms with Gasteiger partial charge in [0.1, 0.15) is 6.61 Å². The molecule has 0 spiro atoms. The summed E-state index contributed by atoms with van der Waals surface area (Å²) in [5.74, 6) is 0.631. The third-order valence-electron chi connectivity index (χ3n) is 5.53. The van der Waals surface area contributed by atoms with Gasteiger partial charge in [-0.2, -0.15) is 0 Å². The Labute approximate surface area is 189 Å². The number of pyridine rings is 1. The third-order valence-corrected chi connectivity index (χ3v) is 5.53. The SMILES string of the molecule is Cc1ccccc1C(CC(=O)NC(C)C)c1cnc2c(OCc3ccccc3)cccn12. The van der Waals surface area contributed by atoms with Gasteiger partial charge in [-0.1, -0.05) is 54.6 Å². The lowest BCUT2D eigenvalue weighted by atomic mass is 9.89. The number of fused-ring (bicyclic) bond motifs is 1. The highest BCUT2D eigenvalue weighted by Crippen LogP contribution is 2.32. The summed E-state index contributed by atoms with van der Waals surface area (Å²) in [7, 11) is 0. The lowest BCUT2D eigenvalue weighted by Gasteiger charge is -2.20. The number of hydrogen-bond donors (Lipinski definition) is 1. The predicted octanol–water partition coefficient (Wildman–Crippen LogP) is 5.27. The van der Waals surface area contributed by atoms with Crippen molar-refractivity contribution in [3.05, 3.63) is 102 Å². The molecule has 5 heteroatoms. The summed E-state index contributed by atoms with van der Waals surface area (Å²) in [5.41, 5.74) is 5.11. The Kier molecular flexibility index (Phi) is 6.55. The van der Waals surface area contributed by atoms with Gasteiger partial charge in [-0.3, -0.25) is 4.79 Å². The number of rotatable bonds is 8. The predicted molar refractivity (Wildman–Crippen MR) is 127 cm³/mol. The van der Waals surface area contributed by atoms with Crippen LogP contribution in [0, 0.1) is 6.92 Å². The van der Waals surface area contributed by atoms with Crippen molar-refractivity contribution in [3.8, 4) is 5.75 Å². The molecule has 2 heterocycles. The Morgan fingerprint density at radius 1 is 1.03 bits per heavy atom. The molecule has 0 fully saturated rings. The number of amides is 1. The number of nitrogens with one attached hydrogen (secondary N) is 1. The maximum atomic E-state index is 12.7. The Morgan fingerprint density at radius 2 is 1.78 bits per heavy atom. The number of benzene rings is 2. The highest BCUT2D eigenvalue weighted by atomic mass is 16.5. The second-order valence-electron chi connectivity index (χ2n) is 8.36. The number of hydrogen-bond acceptors (Lipinski definition) is 3. The highest BCUT2D eigenvalue weighted by Gasteiger charge is 2.24. The summed E-state index contributed by atoms with van der Waals surface area (Å²) in [6, 6.07) is 22.3. The molecule has 0 aliphatic rings. The van der Waals surface area contributed by atoms with Gasteiger partial charge in [0.25, 0.3) is 0 Å². The summed E-state index contributed by atoms with van der Waals surface area (Å²) in [6.45, 7) is 6.51. The van der Waals surface area contributed by atoms with Crippen molar-refractivity contribution in [2.75, 3.05) is 0 Å². The summed E-state index contributed by atoms with van der Waals surface area (Å²) in [6.07, 6.45) is 4.20. The van der Waals surface area contributed by atoms with E-state index < -0.39 is 0 Å². The lowest BCUT2D eigenvalue weighted by molar-refractivity contribution is -0.121. The van der Waals surface area contributed by atoms with Crippen LogP contribution in [0.2, 0.25) is 0 Å². The van der Waals surface area contributed by atoms with Crippen LogP contribution in [0.25, 0.3) is 5.65 Å². The molecule has 0 saturated carbocycles. The van der Waals surface area contributed by atoms with Crippen molar-refractivity contribution in [2.24, 2.45) is 0 Å². The largest absolute Gasteiger partial charge is 0.485 e. The van der Waals surface area contributed by atoms with Gasteiger partial charge in [0.2, 0.25) is 5.91 Å². The molecule has 4 rings (SSSR count). The van der Waals surface area contributed by atoms with Gasteiger partial charge in [0, 0.05) is 30.8 Å². The fourth-order valence-corrected chi connectivity index (χ4v) is 4.03. The molecule has 164 valence electrons. The minimum Gasteiger partial charge on any atom is -0.485 e. The normalized spacial score (nSPS) is 12.1. The number of nitrogens with zero attached hydrogens (tertiary/aromatic N) is 2. The van der Waals surface area contributed by atoms with Crippen LogP contribution in [0.3, 0.4) is 0 Å². The molecule has 0 radical (unpaired) electrons. The standard InChI is InChI=1S/C27H29N3O2/c1-19(2)29-26(31)16-23(22-13-8-7-10-20(22)3)24-17-28-27-25(14-9-15-30(24)27)32-18-21-11-5-4-6-12-21/h4-15,17,19,23H,16,18H2,1-3H3,(H,29,31). The number of imidazole rings is 1. The van der Waals surface area contributed by atoms with Gasteiger partial charge in [-0.05, 0) is 49.6 Å². The summed E-state index contributed by atoms with van der Waals surface area (Å²) in [5, 5.41) is 3.03. The van der Waals surface area contributed by atoms with E-state index in [2.05, 4.69) is 29.4 Å². The van der Waals surface area contributed by atoms with Crippen LogP contribution in [0.4, 0.5) is 0 Å². The van der Waals surface area contributed by atoms with Crippen molar-refractivity contribution < 1.29 is 9.53 Å². The van der Waals surface area contributed by atoms with Crippen LogP contribution in [0.5, 0.6) is 5.75 Å². The molecule has 5 nitrogen and oxygen atoms in total. The van der Waals surface area contributed by atoms with Crippen LogP contribution in [-0.2, 0) is 11.4 Å². The van der Waals surface area contributed by atoms with Gasteiger partial charge in [0.15, 0.2) is 11.4 Å². The van der Waals surface area contributed by atoms with E-state index in [4.69, 9.17) is 4.74 Å². The summed E-state index contributed by atoms with van der Waals surface area (Å²) < 4.78 is 8.14. The van der Waals surface area contributed by atoms with E-state index in [0.717, 1.165) is 33.8 Å². The molecule has 1 N–H and O–H groups in total. The van der Waals surface area contributed by atoms with Gasteiger partial charge >= 0.3 is 0 Å². The summed E-state index contributed by atoms with van der Waals surface area (Å²) >= 11 is 0. The van der Waals surface area contributed by atoms with Gasteiger partial charge in [-0.15, -0.1) is 0 Å². The number of aromatic nitrogens is 2. The molecule has 0 bridgehead atoms. The average molecular weight is 428 g/mol. The van der Waals surface area contributed by atoms with Crippen LogP contribution in [0.15, 0.2) is 79.1 Å². The van der Waals surface area contributed by atoms with E-state index in [-0.39, 0.29) is 17.9 Å². The van der Waals surface area contributed by atoms with Crippen molar-refractivity contribution in [2.45, 2.75) is 45.8 Å². The average Bonchev–Trinajstić information content (AvgIpc) is 3.21. The van der Waals surface area contributed by atoms with Gasteiger partial charge in [-0.25, -0.2) is 4.98 Å². The smallest absolute Gasteiger partial charge is 0.221 e. The van der Waals surface area contributed by atoms with E-state index >= 15 is 0 Å². The Hall–Kier alpha value is -3.60. The van der Waals surface area contributed by atoms with E-state index in [1.165, 1.54) is 0 Å². The van der Waals surface area contributed by atoms with Crippen LogP contribution >= 0.6 is 0 Å². The second-order valence-corrected chi connectivity index (χ2v) is 8.36. The summed E-state index contributed by atoms with van der Waals surface area (Å²) in [4.78, 5) is 17.4. The molecule has 1 atom stereocenters. The second kappa shape index (κ2) is 9.69. The van der Waals surface area contributed by atoms with E-state index in [0.29, 0.717) is 13.0 Å². The molecular weight excluding hydrogens is 398 g/mol. The first-order valence-corrected chi connectivity index (χ1v) is 11.0. The molecule has 1 unspecified atom stereocenters. The fourth-order valence-electron chi connectivity index (χ4n) is 4.03. The monoisotopic (exact) mass is 427 g/mol. The molecular formula is C27H29N3O2. The van der Waals surface area contributed by atoms with Crippen molar-refractivity contribution in [1.29, 1.82) is 0 Å². The minimum atomic E-state index is -0.116. The lowest BCUT2D eigenvalue weighted by Crippen LogP contribution is -2.31. The molecule has 0 aliphatic heterocycles. The minimum absolute atomic E-state index is 0.0275. The number of aryl methyl sites for hydroxylation is 1. The van der Waals surface area contributed by atoms with E-state index in [9.17, 15) is 4.79 Å². The number of carbonyl (C=O) groups excluding carboxylic acids is 1. The number of carbonyl (C=O) groups is 1. The Morgan fingerprint density at radius 3 is 2.53 bits per heavy atom. The quantitative estimate of drug-likeness (QED) is 0.417. The maximum Gasteiger partial charge on any atom is 0.221 e. The first-order valence-electron chi connectivity index (χ1n) is 11.0. The molecule has 1 amide bonds. The van der Waals surface area contributed by atoms with Crippen molar-refractivity contribution in [3.63, 3.8) is 0 Å². The van der Waals surface area contributed by atoms with Crippen molar-refractivity contribution in [1.82, 2.24) is 14.7 Å². The van der Waals surface area contributed by atoms with Gasteiger partial charge < -0.3 is 14.5 Å². The zero-order chi connectivity index (χ0) is 22.5. The zero-order valence-electron chi connectivity index (χ0n) is 18.8. The first kappa shape index (κ1) is 21.6. The molecule has 2 aromatic carbocycles. The molecule has 2 aromatic heterocycles. The Bertz CT molecular complexity index is 1200. The van der Waals surface area contributed by atoms with Gasteiger partial charge in [0.05, 0.1) is 5.69 Å². The van der Waals surface area contributed by atoms with Crippen molar-refractivity contribution >= 4 is 11.6 Å². The Balaban J connectivity index is 1.69. The highest BCUT2D eigenvalue weighted by molar-refractivity contribution is 5.78. The van der Waals surface area contributed by atoms with E-state index in [1.54, 1.807) is 0 Å². The van der Waals surface area contributed by atoms with E-state index in [1.807, 2.05) is 85.2 Å². The first-order chi connectivity index (χ1) is 15.5. The van der Waals surface area contributed by atoms with Crippen LogP contribution in [-0.4, -0.2) is 21.3 Å². The maximum absolute atomic E-state index is 12.7. The van der Waals surface area contributed by atoms with Crippen LogP contribution < -0.4 is 10.1 Å². The molecule has 0 saturated heterocycles. The zero-order valence-corrected chi connectivity index (χ0v) is 18.8. The topological polar surface area (TPSA) is 55.6 Å². The molecule has 4 aromatic rings.